The van der Waals surface area contributed by atoms with Crippen molar-refractivity contribution in [3.8, 4) is 10.6 Å². The molecule has 3 aromatic rings. The molecule has 4 amide bonds. The predicted octanol–water partition coefficient (Wildman–Crippen LogP) is 4.09. The average molecular weight is 466 g/mol. The summed E-state index contributed by atoms with van der Waals surface area (Å²) in [6, 6.07) is 13.3. The van der Waals surface area contributed by atoms with Gasteiger partial charge >= 0.3 is 12.1 Å². The van der Waals surface area contributed by atoms with Crippen LogP contribution < -0.4 is 26.5 Å². The molecule has 2 aromatic carbocycles. The van der Waals surface area contributed by atoms with Crippen LogP contribution in [0.4, 0.5) is 26.7 Å². The number of carbonyl (C=O) groups is 2. The number of primary amides is 2. The van der Waals surface area contributed by atoms with E-state index >= 15 is 0 Å². The number of amides is 4. The van der Waals surface area contributed by atoms with Gasteiger partial charge in [-0.3, -0.25) is 9.89 Å². The van der Waals surface area contributed by atoms with Gasteiger partial charge in [-0.15, -0.1) is 0 Å². The van der Waals surface area contributed by atoms with Crippen LogP contribution in [0.25, 0.3) is 10.6 Å². The number of hydrogen-bond acceptors (Lipinski definition) is 5. The van der Waals surface area contributed by atoms with E-state index < -0.39 is 12.1 Å². The van der Waals surface area contributed by atoms with E-state index in [0.29, 0.717) is 23.1 Å². The van der Waals surface area contributed by atoms with E-state index in [4.69, 9.17) is 16.5 Å². The topological polar surface area (TPSA) is 132 Å². The van der Waals surface area contributed by atoms with Gasteiger partial charge in [-0.2, -0.15) is 5.10 Å². The minimum Gasteiger partial charge on any atom is -0.351 e. The maximum atomic E-state index is 12.2. The predicted molar refractivity (Wildman–Crippen MR) is 130 cm³/mol. The van der Waals surface area contributed by atoms with Crippen LogP contribution in [0.3, 0.4) is 0 Å². The van der Waals surface area contributed by atoms with E-state index in [1.54, 1.807) is 35.6 Å². The molecule has 10 heteroatoms. The summed E-state index contributed by atoms with van der Waals surface area (Å²) in [6.45, 7) is 0. The molecule has 0 spiro atoms. The number of nitrogens with zero attached hydrogens (tertiary/aromatic N) is 4. The summed E-state index contributed by atoms with van der Waals surface area (Å²) < 4.78 is 1.83. The highest BCUT2D eigenvalue weighted by Gasteiger charge is 2.17. The van der Waals surface area contributed by atoms with Crippen molar-refractivity contribution in [2.24, 2.45) is 23.5 Å². The SMILES string of the molecule is Cn1nc(-c2ccc(N(C(N)=O)c3ccc(NC(N)=O)cc3)cc2)sc1=NC1CCCCC1. The Kier molecular flexibility index (Phi) is 6.74. The molecule has 0 bridgehead atoms. The van der Waals surface area contributed by atoms with Crippen molar-refractivity contribution >= 4 is 40.5 Å². The standard InChI is InChI=1S/C23H27N7O2S/c1-29-23(27-16-5-3-2-4-6-16)33-20(28-29)15-7-11-18(12-8-15)30(22(25)32)19-13-9-17(10-14-19)26-21(24)31/h7-14,16H,2-6H2,1H3,(H2,25,32)(H3,24,26,31). The monoisotopic (exact) mass is 465 g/mol. The summed E-state index contributed by atoms with van der Waals surface area (Å²) in [7, 11) is 1.92. The molecule has 0 saturated heterocycles. The third-order valence-corrected chi connectivity index (χ3v) is 6.62. The van der Waals surface area contributed by atoms with Crippen molar-refractivity contribution in [3.05, 3.63) is 53.3 Å². The van der Waals surface area contributed by atoms with Gasteiger partial charge in [0.05, 0.1) is 17.4 Å². The van der Waals surface area contributed by atoms with E-state index in [9.17, 15) is 9.59 Å². The van der Waals surface area contributed by atoms with Gasteiger partial charge in [0, 0.05) is 18.3 Å². The maximum Gasteiger partial charge on any atom is 0.323 e. The largest absolute Gasteiger partial charge is 0.351 e. The Morgan fingerprint density at radius 2 is 1.64 bits per heavy atom. The molecule has 0 unspecified atom stereocenters. The Morgan fingerprint density at radius 1 is 1.03 bits per heavy atom. The highest BCUT2D eigenvalue weighted by molar-refractivity contribution is 7.12. The zero-order chi connectivity index (χ0) is 23.4. The first-order valence-corrected chi connectivity index (χ1v) is 11.7. The minimum absolute atomic E-state index is 0.384. The third kappa shape index (κ3) is 5.40. The molecule has 1 fully saturated rings. The normalized spacial score (nSPS) is 14.8. The number of carbonyl (C=O) groups excluding carboxylic acids is 2. The van der Waals surface area contributed by atoms with Gasteiger partial charge in [0.1, 0.15) is 5.01 Å². The summed E-state index contributed by atoms with van der Waals surface area (Å²) >= 11 is 1.56. The molecule has 1 aromatic heterocycles. The summed E-state index contributed by atoms with van der Waals surface area (Å²) in [5.41, 5.74) is 13.4. The van der Waals surface area contributed by atoms with Crippen LogP contribution in [0.1, 0.15) is 32.1 Å². The summed E-state index contributed by atoms with van der Waals surface area (Å²) in [5.74, 6) is 0. The quantitative estimate of drug-likeness (QED) is 0.524. The first kappa shape index (κ1) is 22.5. The molecular formula is C23H27N7O2S. The number of aromatic nitrogens is 2. The van der Waals surface area contributed by atoms with Crippen molar-refractivity contribution in [2.45, 2.75) is 38.1 Å². The maximum absolute atomic E-state index is 12.2. The average Bonchev–Trinajstić information content (AvgIpc) is 3.16. The number of anilines is 3. The molecule has 172 valence electrons. The third-order valence-electron chi connectivity index (χ3n) is 5.56. The van der Waals surface area contributed by atoms with Crippen molar-refractivity contribution in [1.82, 2.24) is 9.78 Å². The van der Waals surface area contributed by atoms with Gasteiger partial charge in [0.25, 0.3) is 0 Å². The van der Waals surface area contributed by atoms with Crippen LogP contribution >= 0.6 is 11.3 Å². The lowest BCUT2D eigenvalue weighted by molar-refractivity contribution is 0.256. The van der Waals surface area contributed by atoms with Gasteiger partial charge in [-0.1, -0.05) is 30.6 Å². The lowest BCUT2D eigenvalue weighted by Gasteiger charge is -2.21. The summed E-state index contributed by atoms with van der Waals surface area (Å²) in [4.78, 5) is 30.4. The molecule has 0 radical (unpaired) electrons. The molecule has 33 heavy (non-hydrogen) atoms. The fourth-order valence-corrected chi connectivity index (χ4v) is 4.90. The number of urea groups is 2. The Labute approximate surface area is 195 Å². The van der Waals surface area contributed by atoms with Crippen LogP contribution in [0.15, 0.2) is 53.5 Å². The molecule has 1 heterocycles. The molecule has 0 aliphatic heterocycles. The van der Waals surface area contributed by atoms with Gasteiger partial charge in [-0.05, 0) is 61.4 Å². The van der Waals surface area contributed by atoms with Crippen LogP contribution in [-0.2, 0) is 7.05 Å². The fourth-order valence-electron chi connectivity index (χ4n) is 3.94. The minimum atomic E-state index is -0.657. The molecule has 1 aliphatic carbocycles. The zero-order valence-corrected chi connectivity index (χ0v) is 19.2. The summed E-state index contributed by atoms with van der Waals surface area (Å²) in [5, 5.41) is 7.99. The van der Waals surface area contributed by atoms with Crippen LogP contribution in [0.5, 0.6) is 0 Å². The first-order chi connectivity index (χ1) is 15.9. The van der Waals surface area contributed by atoms with Gasteiger partial charge in [0.2, 0.25) is 4.80 Å². The Hall–Kier alpha value is -3.66. The molecule has 1 aliphatic rings. The molecule has 9 nitrogen and oxygen atoms in total. The second-order valence-corrected chi connectivity index (χ2v) is 8.95. The Morgan fingerprint density at radius 3 is 2.21 bits per heavy atom. The molecule has 0 atom stereocenters. The lowest BCUT2D eigenvalue weighted by atomic mass is 9.96. The number of hydrogen-bond donors (Lipinski definition) is 3. The van der Waals surface area contributed by atoms with Crippen molar-refractivity contribution in [3.63, 3.8) is 0 Å². The fraction of sp³-hybridized carbons (Fsp3) is 0.304. The molecule has 1 saturated carbocycles. The van der Waals surface area contributed by atoms with E-state index in [-0.39, 0.29) is 0 Å². The Balaban J connectivity index is 1.56. The van der Waals surface area contributed by atoms with E-state index in [1.165, 1.54) is 24.2 Å². The van der Waals surface area contributed by atoms with Crippen LogP contribution in [0, 0.1) is 0 Å². The lowest BCUT2D eigenvalue weighted by Crippen LogP contribution is -2.31. The zero-order valence-electron chi connectivity index (χ0n) is 18.4. The summed E-state index contributed by atoms with van der Waals surface area (Å²) in [6.07, 6.45) is 6.07. The van der Waals surface area contributed by atoms with Crippen molar-refractivity contribution in [1.29, 1.82) is 0 Å². The number of rotatable bonds is 5. The second-order valence-electron chi connectivity index (χ2n) is 7.99. The molecular weight excluding hydrogens is 438 g/mol. The second kappa shape index (κ2) is 9.86. The van der Waals surface area contributed by atoms with Gasteiger partial charge in [-0.25, -0.2) is 14.3 Å². The van der Waals surface area contributed by atoms with Crippen molar-refractivity contribution < 1.29 is 9.59 Å². The smallest absolute Gasteiger partial charge is 0.323 e. The van der Waals surface area contributed by atoms with Crippen LogP contribution in [0.2, 0.25) is 0 Å². The van der Waals surface area contributed by atoms with Gasteiger partial charge in [0.15, 0.2) is 0 Å². The van der Waals surface area contributed by atoms with E-state index in [2.05, 4.69) is 10.4 Å². The number of nitrogens with one attached hydrogen (secondary N) is 1. The van der Waals surface area contributed by atoms with E-state index in [0.717, 1.165) is 28.2 Å². The Bertz CT molecular complexity index is 1190. The number of benzene rings is 2. The van der Waals surface area contributed by atoms with Crippen molar-refractivity contribution in [2.75, 3.05) is 10.2 Å². The molecule has 4 rings (SSSR count). The first-order valence-electron chi connectivity index (χ1n) is 10.9. The number of aryl methyl sites for hydroxylation is 1. The highest BCUT2D eigenvalue weighted by atomic mass is 32.1. The number of nitrogens with two attached hydrogens (primary N) is 2. The van der Waals surface area contributed by atoms with E-state index in [1.807, 2.05) is 36.0 Å². The van der Waals surface area contributed by atoms with Crippen LogP contribution in [-0.4, -0.2) is 27.9 Å². The highest BCUT2D eigenvalue weighted by Crippen LogP contribution is 2.29. The molecule has 5 N–H and O–H groups in total. The van der Waals surface area contributed by atoms with Gasteiger partial charge < -0.3 is 16.8 Å².